The molecule has 0 unspecified atom stereocenters. The number of rotatable bonds is 7. The predicted octanol–water partition coefficient (Wildman–Crippen LogP) is 6.22. The third-order valence-corrected chi connectivity index (χ3v) is 8.82. The van der Waals surface area contributed by atoms with Crippen molar-refractivity contribution in [3.05, 3.63) is 62.7 Å². The van der Waals surface area contributed by atoms with Crippen molar-refractivity contribution >= 4 is 31.8 Å². The summed E-state index contributed by atoms with van der Waals surface area (Å²) in [7, 11) is -2.84. The second-order valence-corrected chi connectivity index (χ2v) is 11.5. The summed E-state index contributed by atoms with van der Waals surface area (Å²) < 4.78 is 18.7. The Kier molecular flexibility index (Phi) is 7.72. The Morgan fingerprint density at radius 3 is 2.23 bits per heavy atom. The fraction of sp³-hybridized carbons (Fsp3) is 0.435. The van der Waals surface area contributed by atoms with Crippen LogP contribution in [0.25, 0.3) is 0 Å². The lowest BCUT2D eigenvalue weighted by Crippen LogP contribution is -2.47. The summed E-state index contributed by atoms with van der Waals surface area (Å²) >= 11 is 6.08. The van der Waals surface area contributed by atoms with E-state index in [0.717, 1.165) is 43.3 Å². The maximum atomic E-state index is 12.7. The van der Waals surface area contributed by atoms with Crippen LogP contribution in [0, 0.1) is 6.92 Å². The summed E-state index contributed by atoms with van der Waals surface area (Å²) in [6.07, 6.45) is 3.94. The molecule has 6 nitrogen and oxygen atoms in total. The van der Waals surface area contributed by atoms with E-state index >= 15 is 0 Å². The number of hydrogen-bond acceptors (Lipinski definition) is 6. The molecule has 166 valence electrons. The molecule has 8 heteroatoms. The molecule has 1 aromatic carbocycles. The van der Waals surface area contributed by atoms with Gasteiger partial charge in [0.25, 0.3) is 0 Å². The second kappa shape index (κ2) is 10.3. The van der Waals surface area contributed by atoms with E-state index in [-0.39, 0.29) is 0 Å². The van der Waals surface area contributed by atoms with Crippen LogP contribution >= 0.6 is 11.6 Å². The van der Waals surface area contributed by atoms with Gasteiger partial charge in [-0.15, -0.1) is 5.10 Å². The number of nitrogens with zero attached hydrogens (tertiary/aromatic N) is 2. The summed E-state index contributed by atoms with van der Waals surface area (Å²) in [6, 6.07) is 10.6. The van der Waals surface area contributed by atoms with Crippen molar-refractivity contribution in [3.63, 3.8) is 0 Å². The molecule has 1 aromatic heterocycles. The second-order valence-electron chi connectivity index (χ2n) is 7.80. The van der Waals surface area contributed by atoms with Gasteiger partial charge in [0.2, 0.25) is 5.90 Å². The molecule has 0 aliphatic carbocycles. The van der Waals surface area contributed by atoms with Crippen molar-refractivity contribution < 1.29 is 13.3 Å². The first-order valence-electron chi connectivity index (χ1n) is 10.8. The van der Waals surface area contributed by atoms with Gasteiger partial charge in [0.05, 0.1) is 5.71 Å². The van der Waals surface area contributed by atoms with Crippen molar-refractivity contribution in [2.24, 2.45) is 10.2 Å². The molecule has 0 radical (unpaired) electrons. The fourth-order valence-corrected chi connectivity index (χ4v) is 7.19. The van der Waals surface area contributed by atoms with Crippen LogP contribution in [0.5, 0.6) is 5.75 Å². The molecule has 31 heavy (non-hydrogen) atoms. The Bertz CT molecular complexity index is 1020. The van der Waals surface area contributed by atoms with Gasteiger partial charge in [0.15, 0.2) is 0 Å². The van der Waals surface area contributed by atoms with Gasteiger partial charge in [-0.25, -0.2) is 4.79 Å². The van der Waals surface area contributed by atoms with E-state index in [4.69, 9.17) is 24.9 Å². The van der Waals surface area contributed by atoms with E-state index in [1.165, 1.54) is 0 Å². The van der Waals surface area contributed by atoms with E-state index in [0.29, 0.717) is 33.7 Å². The maximum Gasteiger partial charge on any atom is 0.461 e. The number of unbranched alkanes of at least 4 members (excludes halogenated alkanes) is 2. The van der Waals surface area contributed by atoms with Crippen LogP contribution in [0.1, 0.15) is 63.3 Å². The molecule has 0 bridgehead atoms. The zero-order valence-corrected chi connectivity index (χ0v) is 20.3. The largest absolute Gasteiger partial charge is 0.511 e. The average molecular weight is 461 g/mol. The minimum Gasteiger partial charge on any atom is -0.511 e. The van der Waals surface area contributed by atoms with E-state index in [1.54, 1.807) is 32.0 Å². The zero-order chi connectivity index (χ0) is 22.4. The Morgan fingerprint density at radius 2 is 1.61 bits per heavy atom. The molecule has 0 saturated carbocycles. The van der Waals surface area contributed by atoms with Crippen LogP contribution < -0.4 is 10.1 Å². The molecule has 0 N–H and O–H groups in total. The minimum atomic E-state index is -2.84. The monoisotopic (exact) mass is 460 g/mol. The Morgan fingerprint density at radius 1 is 0.968 bits per heavy atom. The van der Waals surface area contributed by atoms with E-state index in [1.807, 2.05) is 12.1 Å². The third kappa shape index (κ3) is 5.65. The van der Waals surface area contributed by atoms with Crippen LogP contribution in [-0.4, -0.2) is 20.2 Å². The molecule has 1 aliphatic rings. The number of aryl methyl sites for hydroxylation is 1. The first-order chi connectivity index (χ1) is 14.9. The topological polar surface area (TPSA) is 73.4 Å². The van der Waals surface area contributed by atoms with Crippen molar-refractivity contribution in [2.75, 3.05) is 0 Å². The highest BCUT2D eigenvalue weighted by Gasteiger charge is 2.43. The molecule has 0 fully saturated rings. The lowest BCUT2D eigenvalue weighted by molar-refractivity contribution is 0.360. The normalized spacial score (nSPS) is 18.7. The smallest absolute Gasteiger partial charge is 0.461 e. The van der Waals surface area contributed by atoms with Gasteiger partial charge >= 0.3 is 14.2 Å². The molecule has 0 amide bonds. The standard InChI is InChI=1S/C23H29ClN2O4Si/c1-5-7-13-31(14-8-6-2)29-20-15-16(3)28-23(27)21(20)17(4)25-26-22(30-31)18-9-11-19(24)12-10-18/h9-12,15H,5-8,13-14H2,1-4H3/b25-17-,26-22-. The molecular formula is C23H29ClN2O4Si. The first-order valence-corrected chi connectivity index (χ1v) is 13.4. The zero-order valence-electron chi connectivity index (χ0n) is 18.5. The lowest BCUT2D eigenvalue weighted by atomic mass is 10.2. The van der Waals surface area contributed by atoms with Crippen LogP contribution in [0.3, 0.4) is 0 Å². The minimum absolute atomic E-state index is 0.306. The molecule has 3 rings (SSSR count). The number of halogens is 1. The maximum absolute atomic E-state index is 12.7. The van der Waals surface area contributed by atoms with E-state index in [2.05, 4.69) is 24.1 Å². The Hall–Kier alpha value is -2.38. The van der Waals surface area contributed by atoms with E-state index in [9.17, 15) is 4.79 Å². The van der Waals surface area contributed by atoms with Crippen LogP contribution in [0.4, 0.5) is 0 Å². The Balaban J connectivity index is 2.20. The number of fused-ring (bicyclic) bond motifs is 1. The third-order valence-electron chi connectivity index (χ3n) is 5.18. The molecule has 0 saturated heterocycles. The molecule has 2 heterocycles. The summed E-state index contributed by atoms with van der Waals surface area (Å²) in [5.74, 6) is 1.36. The van der Waals surface area contributed by atoms with Crippen molar-refractivity contribution in [1.82, 2.24) is 0 Å². The fourth-order valence-electron chi connectivity index (χ4n) is 3.51. The summed E-state index contributed by atoms with van der Waals surface area (Å²) in [5, 5.41) is 9.35. The van der Waals surface area contributed by atoms with E-state index < -0.39 is 14.2 Å². The van der Waals surface area contributed by atoms with Gasteiger partial charge < -0.3 is 13.3 Å². The van der Waals surface area contributed by atoms with Gasteiger partial charge in [0.1, 0.15) is 17.1 Å². The molecular weight excluding hydrogens is 432 g/mol. The number of benzene rings is 1. The van der Waals surface area contributed by atoms with Gasteiger partial charge in [0, 0.05) is 28.7 Å². The summed E-state index contributed by atoms with van der Waals surface area (Å²) in [4.78, 5) is 12.7. The van der Waals surface area contributed by atoms with Gasteiger partial charge in [-0.2, -0.15) is 5.10 Å². The van der Waals surface area contributed by atoms with Gasteiger partial charge in [-0.3, -0.25) is 0 Å². The molecule has 0 atom stereocenters. The highest BCUT2D eigenvalue weighted by atomic mass is 35.5. The van der Waals surface area contributed by atoms with Crippen molar-refractivity contribution in [2.45, 2.75) is 65.5 Å². The lowest BCUT2D eigenvalue weighted by Gasteiger charge is -2.32. The van der Waals surface area contributed by atoms with Crippen LogP contribution in [-0.2, 0) is 4.43 Å². The molecule has 2 aromatic rings. The van der Waals surface area contributed by atoms with Gasteiger partial charge in [-0.1, -0.05) is 38.3 Å². The van der Waals surface area contributed by atoms with Crippen molar-refractivity contribution in [1.29, 1.82) is 0 Å². The van der Waals surface area contributed by atoms with Gasteiger partial charge in [-0.05, 0) is 51.0 Å². The predicted molar refractivity (Wildman–Crippen MR) is 127 cm³/mol. The highest BCUT2D eigenvalue weighted by molar-refractivity contribution is 6.70. The average Bonchev–Trinajstić information content (AvgIpc) is 2.79. The number of hydrogen-bond donors (Lipinski definition) is 0. The summed E-state index contributed by atoms with van der Waals surface area (Å²) in [5.41, 5.74) is 1.02. The summed E-state index contributed by atoms with van der Waals surface area (Å²) in [6.45, 7) is 7.75. The SMILES string of the molecule is CCCC[Si]1(CCCC)O/C(c2ccc(Cl)cc2)=N\N=C(\C)c2c(cc(C)oc2=O)O1. The first kappa shape index (κ1) is 23.3. The molecule has 1 aliphatic heterocycles. The van der Waals surface area contributed by atoms with Crippen molar-refractivity contribution in [3.8, 4) is 5.75 Å². The quantitative estimate of drug-likeness (QED) is 0.459. The highest BCUT2D eigenvalue weighted by Crippen LogP contribution is 2.32. The Labute approximate surface area is 189 Å². The molecule has 0 spiro atoms. The van der Waals surface area contributed by atoms with Crippen LogP contribution in [0.15, 0.2) is 49.7 Å². The van der Waals surface area contributed by atoms with Crippen LogP contribution in [0.2, 0.25) is 17.1 Å².